The molecule has 4 rings (SSSR count). The topological polar surface area (TPSA) is 73.4 Å². The van der Waals surface area contributed by atoms with Crippen molar-refractivity contribution < 1.29 is 9.53 Å². The van der Waals surface area contributed by atoms with Gasteiger partial charge in [0.25, 0.3) is 5.91 Å². The number of aromatic nitrogens is 2. The Kier molecular flexibility index (Phi) is 5.12. The molecule has 2 aromatic carbocycles. The first-order valence-corrected chi connectivity index (χ1v) is 9.50. The average molecular weight is 376 g/mol. The first-order chi connectivity index (χ1) is 13.7. The molecule has 1 amide bonds. The van der Waals surface area contributed by atoms with Crippen LogP contribution in [-0.2, 0) is 0 Å². The lowest BCUT2D eigenvalue weighted by Crippen LogP contribution is -2.45. The minimum atomic E-state index is -0.0249. The molecule has 1 aliphatic heterocycles. The van der Waals surface area contributed by atoms with Crippen molar-refractivity contribution in [1.29, 1.82) is 0 Å². The summed E-state index contributed by atoms with van der Waals surface area (Å²) in [5.74, 6) is 0.740. The number of benzene rings is 2. The number of carbonyl (C=O) groups excluding carboxylic acids is 1. The van der Waals surface area contributed by atoms with Gasteiger partial charge in [0, 0.05) is 30.9 Å². The monoisotopic (exact) mass is 376 g/mol. The Morgan fingerprint density at radius 1 is 1.14 bits per heavy atom. The molecule has 144 valence electrons. The van der Waals surface area contributed by atoms with Crippen LogP contribution >= 0.6 is 0 Å². The Hall–Kier alpha value is -3.12. The number of hydrogen-bond donors (Lipinski definition) is 1. The number of hydrogen-bond acceptors (Lipinski definition) is 4. The number of amides is 1. The van der Waals surface area contributed by atoms with Crippen LogP contribution < -0.4 is 10.5 Å². The van der Waals surface area contributed by atoms with E-state index in [-0.39, 0.29) is 11.9 Å². The third-order valence-corrected chi connectivity index (χ3v) is 5.07. The molecule has 3 aromatic rings. The molecule has 1 aromatic heterocycles. The Balaban J connectivity index is 1.76. The van der Waals surface area contributed by atoms with Crippen LogP contribution in [0.2, 0.25) is 0 Å². The molecule has 1 unspecified atom stereocenters. The number of nitrogens with two attached hydrogens (primary N) is 1. The van der Waals surface area contributed by atoms with E-state index in [1.165, 1.54) is 0 Å². The molecule has 1 fully saturated rings. The minimum Gasteiger partial charge on any atom is -0.497 e. The number of para-hydroxylation sites is 1. The van der Waals surface area contributed by atoms with E-state index in [1.807, 2.05) is 65.7 Å². The number of piperidine rings is 1. The van der Waals surface area contributed by atoms with E-state index in [4.69, 9.17) is 15.6 Å². The van der Waals surface area contributed by atoms with Crippen LogP contribution in [0, 0.1) is 0 Å². The molecule has 1 aliphatic rings. The molecule has 28 heavy (non-hydrogen) atoms. The molecule has 0 bridgehead atoms. The Bertz CT molecular complexity index is 950. The van der Waals surface area contributed by atoms with Gasteiger partial charge < -0.3 is 15.4 Å². The number of carbonyl (C=O) groups is 1. The highest BCUT2D eigenvalue weighted by Crippen LogP contribution is 2.27. The summed E-state index contributed by atoms with van der Waals surface area (Å²) < 4.78 is 7.01. The minimum absolute atomic E-state index is 0.0249. The zero-order valence-electron chi connectivity index (χ0n) is 15.9. The van der Waals surface area contributed by atoms with Crippen molar-refractivity contribution in [1.82, 2.24) is 14.7 Å². The fraction of sp³-hybridized carbons (Fsp3) is 0.273. The largest absolute Gasteiger partial charge is 0.497 e. The molecular formula is C22H24N4O2. The second-order valence-electron chi connectivity index (χ2n) is 7.05. The van der Waals surface area contributed by atoms with E-state index < -0.39 is 0 Å². The number of rotatable bonds is 4. The number of ether oxygens (including phenoxy) is 1. The molecule has 0 spiro atoms. The van der Waals surface area contributed by atoms with Gasteiger partial charge in [-0.2, -0.15) is 5.10 Å². The third-order valence-electron chi connectivity index (χ3n) is 5.07. The van der Waals surface area contributed by atoms with Gasteiger partial charge in [0.2, 0.25) is 0 Å². The van der Waals surface area contributed by atoms with Crippen molar-refractivity contribution >= 4 is 5.91 Å². The highest BCUT2D eigenvalue weighted by Gasteiger charge is 2.27. The standard InChI is InChI=1S/C22H24N4O2/c1-28-19-11-9-16(10-12-19)21-20(22(27)25-13-5-6-17(23)14-25)15-26(24-21)18-7-3-2-4-8-18/h2-4,7-12,15,17H,5-6,13-14,23H2,1H3. The van der Waals surface area contributed by atoms with Crippen molar-refractivity contribution in [2.24, 2.45) is 5.73 Å². The van der Waals surface area contributed by atoms with Crippen LogP contribution in [0.5, 0.6) is 5.75 Å². The summed E-state index contributed by atoms with van der Waals surface area (Å²) in [6.07, 6.45) is 3.70. The predicted molar refractivity (Wildman–Crippen MR) is 109 cm³/mol. The van der Waals surface area contributed by atoms with Crippen molar-refractivity contribution in [3.63, 3.8) is 0 Å². The number of methoxy groups -OCH3 is 1. The van der Waals surface area contributed by atoms with Gasteiger partial charge in [0.15, 0.2) is 0 Å². The SMILES string of the molecule is COc1ccc(-c2nn(-c3ccccc3)cc2C(=O)N2CCCC(N)C2)cc1. The van der Waals surface area contributed by atoms with E-state index in [0.717, 1.165) is 36.4 Å². The summed E-state index contributed by atoms with van der Waals surface area (Å²) in [5.41, 5.74) is 9.12. The van der Waals surface area contributed by atoms with Gasteiger partial charge in [-0.3, -0.25) is 4.79 Å². The molecule has 1 atom stereocenters. The smallest absolute Gasteiger partial charge is 0.257 e. The Labute approximate surface area is 164 Å². The van der Waals surface area contributed by atoms with Gasteiger partial charge in [-0.15, -0.1) is 0 Å². The van der Waals surface area contributed by atoms with Gasteiger partial charge in [0.1, 0.15) is 11.4 Å². The summed E-state index contributed by atoms with van der Waals surface area (Å²) in [4.78, 5) is 15.1. The van der Waals surface area contributed by atoms with Crippen LogP contribution in [0.1, 0.15) is 23.2 Å². The van der Waals surface area contributed by atoms with Crippen LogP contribution in [0.15, 0.2) is 60.8 Å². The highest BCUT2D eigenvalue weighted by atomic mass is 16.5. The van der Waals surface area contributed by atoms with Crippen molar-refractivity contribution in [2.75, 3.05) is 20.2 Å². The Morgan fingerprint density at radius 2 is 1.89 bits per heavy atom. The van der Waals surface area contributed by atoms with Gasteiger partial charge in [-0.05, 0) is 49.2 Å². The zero-order chi connectivity index (χ0) is 19.5. The third kappa shape index (κ3) is 3.64. The molecule has 0 aliphatic carbocycles. The lowest BCUT2D eigenvalue weighted by atomic mass is 10.0. The summed E-state index contributed by atoms with van der Waals surface area (Å²) in [5, 5.41) is 4.74. The Morgan fingerprint density at radius 3 is 2.57 bits per heavy atom. The van der Waals surface area contributed by atoms with Gasteiger partial charge in [-0.25, -0.2) is 4.68 Å². The average Bonchev–Trinajstić information content (AvgIpc) is 3.19. The molecular weight excluding hydrogens is 352 g/mol. The summed E-state index contributed by atoms with van der Waals surface area (Å²) in [6, 6.07) is 17.4. The quantitative estimate of drug-likeness (QED) is 0.759. The fourth-order valence-corrected chi connectivity index (χ4v) is 3.57. The summed E-state index contributed by atoms with van der Waals surface area (Å²) in [6.45, 7) is 1.31. The maximum atomic E-state index is 13.3. The van der Waals surface area contributed by atoms with Crippen molar-refractivity contribution in [3.05, 3.63) is 66.4 Å². The van der Waals surface area contributed by atoms with E-state index in [2.05, 4.69) is 0 Å². The first kappa shape index (κ1) is 18.3. The molecule has 2 N–H and O–H groups in total. The van der Waals surface area contributed by atoms with E-state index in [0.29, 0.717) is 17.8 Å². The van der Waals surface area contributed by atoms with E-state index in [1.54, 1.807) is 11.8 Å². The van der Waals surface area contributed by atoms with E-state index >= 15 is 0 Å². The normalized spacial score (nSPS) is 16.8. The van der Waals surface area contributed by atoms with Gasteiger partial charge in [0.05, 0.1) is 18.4 Å². The molecule has 1 saturated heterocycles. The highest BCUT2D eigenvalue weighted by molar-refractivity contribution is 6.00. The second kappa shape index (κ2) is 7.86. The zero-order valence-corrected chi connectivity index (χ0v) is 15.9. The molecule has 0 radical (unpaired) electrons. The maximum absolute atomic E-state index is 13.3. The van der Waals surface area contributed by atoms with Crippen LogP contribution in [0.4, 0.5) is 0 Å². The van der Waals surface area contributed by atoms with Gasteiger partial charge in [-0.1, -0.05) is 18.2 Å². The van der Waals surface area contributed by atoms with Crippen LogP contribution in [0.25, 0.3) is 16.9 Å². The van der Waals surface area contributed by atoms with Crippen molar-refractivity contribution in [3.8, 4) is 22.7 Å². The lowest BCUT2D eigenvalue weighted by molar-refractivity contribution is 0.0709. The lowest BCUT2D eigenvalue weighted by Gasteiger charge is -2.30. The summed E-state index contributed by atoms with van der Waals surface area (Å²) >= 11 is 0. The molecule has 6 heteroatoms. The van der Waals surface area contributed by atoms with Crippen molar-refractivity contribution in [2.45, 2.75) is 18.9 Å². The molecule has 0 saturated carbocycles. The molecule has 6 nitrogen and oxygen atoms in total. The summed E-state index contributed by atoms with van der Waals surface area (Å²) in [7, 11) is 1.63. The van der Waals surface area contributed by atoms with Crippen LogP contribution in [-0.4, -0.2) is 46.8 Å². The number of likely N-dealkylation sites (tertiary alicyclic amines) is 1. The van der Waals surface area contributed by atoms with E-state index in [9.17, 15) is 4.79 Å². The fourth-order valence-electron chi connectivity index (χ4n) is 3.57. The number of nitrogens with zero attached hydrogens (tertiary/aromatic N) is 3. The predicted octanol–water partition coefficient (Wildman–Crippen LogP) is 3.11. The van der Waals surface area contributed by atoms with Gasteiger partial charge >= 0.3 is 0 Å². The van der Waals surface area contributed by atoms with Crippen LogP contribution in [0.3, 0.4) is 0 Å². The first-order valence-electron chi connectivity index (χ1n) is 9.50. The second-order valence-corrected chi connectivity index (χ2v) is 7.05. The maximum Gasteiger partial charge on any atom is 0.257 e. The molecule has 2 heterocycles.